The summed E-state index contributed by atoms with van der Waals surface area (Å²) in [6, 6.07) is 4.41. The minimum atomic E-state index is -2.99. The van der Waals surface area contributed by atoms with Gasteiger partial charge < -0.3 is 10.5 Å². The van der Waals surface area contributed by atoms with Crippen molar-refractivity contribution in [2.45, 2.75) is 97.5 Å². The van der Waals surface area contributed by atoms with Gasteiger partial charge in [-0.3, -0.25) is 4.79 Å². The van der Waals surface area contributed by atoms with Gasteiger partial charge in [-0.15, -0.1) is 6.58 Å². The summed E-state index contributed by atoms with van der Waals surface area (Å²) in [6.45, 7) is 17.6. The van der Waals surface area contributed by atoms with E-state index in [-0.39, 0.29) is 40.1 Å². The van der Waals surface area contributed by atoms with Gasteiger partial charge in [0.05, 0.1) is 5.68 Å². The van der Waals surface area contributed by atoms with Crippen LogP contribution in [0, 0.1) is 11.8 Å². The molecule has 0 bridgehead atoms. The van der Waals surface area contributed by atoms with Crippen molar-refractivity contribution < 1.29 is 18.4 Å². The normalized spacial score (nSPS) is 15.1. The first-order valence-corrected chi connectivity index (χ1v) is 13.2. The zero-order valence-electron chi connectivity index (χ0n) is 23.0. The third-order valence-electron chi connectivity index (χ3n) is 5.63. The summed E-state index contributed by atoms with van der Waals surface area (Å²) in [6.07, 6.45) is 4.10. The van der Waals surface area contributed by atoms with Crippen LogP contribution in [0.25, 0.3) is 0 Å². The fourth-order valence-corrected chi connectivity index (χ4v) is 4.06. The molecule has 1 amide bonds. The summed E-state index contributed by atoms with van der Waals surface area (Å²) in [5, 5.41) is 0.0475. The number of hydrogen-bond donors (Lipinski definition) is 1. The molecule has 0 aliphatic heterocycles. The van der Waals surface area contributed by atoms with Crippen molar-refractivity contribution in [3.8, 4) is 0 Å². The molecule has 1 aliphatic rings. The summed E-state index contributed by atoms with van der Waals surface area (Å²) < 4.78 is 27.4. The number of hydrogen-bond acceptors (Lipinski definition) is 2. The average molecular weight is 519 g/mol. The van der Waals surface area contributed by atoms with Gasteiger partial charge in [0.25, 0.3) is 11.6 Å². The Morgan fingerprint density at radius 2 is 1.78 bits per heavy atom. The SMILES string of the molecule is C=C(C)CC(CCC(C)C)C(=O)N=C(N)c1ccc(C(F)(F)P)cc1C1CC1.CC(=O)[B]C(C)(C)C. The van der Waals surface area contributed by atoms with E-state index in [0.717, 1.165) is 36.8 Å². The molecule has 0 saturated heterocycles. The van der Waals surface area contributed by atoms with Gasteiger partial charge in [-0.2, -0.15) is 13.8 Å². The third kappa shape index (κ3) is 12.4. The average Bonchev–Trinajstić information content (AvgIpc) is 3.53. The number of allylic oxidation sites excluding steroid dienone is 1. The Labute approximate surface area is 219 Å². The van der Waals surface area contributed by atoms with Crippen LogP contribution in [0.2, 0.25) is 5.31 Å². The monoisotopic (exact) mass is 519 g/mol. The smallest absolute Gasteiger partial charge is 0.283 e. The molecule has 0 aromatic heterocycles. The highest BCUT2D eigenvalue weighted by Gasteiger charge is 2.31. The van der Waals surface area contributed by atoms with Crippen LogP contribution >= 0.6 is 9.24 Å². The zero-order valence-corrected chi connectivity index (χ0v) is 24.1. The van der Waals surface area contributed by atoms with Crippen molar-refractivity contribution in [3.63, 3.8) is 0 Å². The number of nitrogens with two attached hydrogens (primary N) is 1. The van der Waals surface area contributed by atoms with Gasteiger partial charge in [-0.25, -0.2) is 0 Å². The van der Waals surface area contributed by atoms with Gasteiger partial charge in [0, 0.05) is 17.0 Å². The number of carbonyl (C=O) groups excluding carboxylic acids is 2. The number of halogens is 2. The number of amides is 1. The molecule has 1 saturated carbocycles. The molecule has 36 heavy (non-hydrogen) atoms. The second-order valence-electron chi connectivity index (χ2n) is 11.5. The lowest BCUT2D eigenvalue weighted by molar-refractivity contribution is -0.121. The highest BCUT2D eigenvalue weighted by Crippen LogP contribution is 2.44. The Bertz CT molecular complexity index is 961. The summed E-state index contributed by atoms with van der Waals surface area (Å²) in [4.78, 5) is 27.3. The number of carbonyl (C=O) groups is 2. The molecule has 1 aromatic rings. The number of alkyl halides is 2. The third-order valence-corrected chi connectivity index (χ3v) is 5.97. The highest BCUT2D eigenvalue weighted by molar-refractivity contribution is 7.17. The van der Waals surface area contributed by atoms with Crippen molar-refractivity contribution in [1.29, 1.82) is 0 Å². The van der Waals surface area contributed by atoms with Gasteiger partial charge in [-0.05, 0) is 63.0 Å². The minimum Gasteiger partial charge on any atom is -0.383 e. The van der Waals surface area contributed by atoms with Crippen molar-refractivity contribution in [2.75, 3.05) is 0 Å². The Kier molecular flexibility index (Phi) is 12.2. The van der Waals surface area contributed by atoms with E-state index in [1.807, 2.05) is 27.7 Å². The quantitative estimate of drug-likeness (QED) is 0.117. The maximum Gasteiger partial charge on any atom is 0.283 e. The first-order valence-electron chi connectivity index (χ1n) is 12.6. The van der Waals surface area contributed by atoms with Crippen LogP contribution in [0.5, 0.6) is 0 Å². The van der Waals surface area contributed by atoms with E-state index >= 15 is 0 Å². The summed E-state index contributed by atoms with van der Waals surface area (Å²) in [5.41, 5.74) is 5.53. The van der Waals surface area contributed by atoms with Crippen LogP contribution in [0.4, 0.5) is 8.78 Å². The van der Waals surface area contributed by atoms with Crippen molar-refractivity contribution in [1.82, 2.24) is 0 Å². The largest absolute Gasteiger partial charge is 0.383 e. The topological polar surface area (TPSA) is 72.5 Å². The Balaban J connectivity index is 0.000000697. The lowest BCUT2D eigenvalue weighted by Crippen LogP contribution is -2.22. The molecular weight excluding hydrogens is 476 g/mol. The number of nitrogens with zero attached hydrogens (tertiary/aromatic N) is 1. The van der Waals surface area contributed by atoms with Crippen LogP contribution in [0.3, 0.4) is 0 Å². The molecule has 1 fully saturated rings. The maximum atomic E-state index is 13.7. The predicted molar refractivity (Wildman–Crippen MR) is 151 cm³/mol. The Morgan fingerprint density at radius 3 is 2.17 bits per heavy atom. The molecule has 8 heteroatoms. The van der Waals surface area contributed by atoms with Crippen molar-refractivity contribution in [3.05, 3.63) is 47.0 Å². The molecule has 2 atom stereocenters. The van der Waals surface area contributed by atoms with E-state index in [9.17, 15) is 18.4 Å². The maximum absolute atomic E-state index is 13.7. The standard InChI is InChI=1S/C22H31F2N2OP.C6H12BO/c1-13(2)5-6-16(11-14(3)4)21(27)26-20(25)18-10-9-17(22(23,24)28)12-19(18)15-7-8-15;1-5(8)7-6(2,3)4/h9-10,12-13,15-16H,3,5-8,11,28H2,1-2,4H3,(H2,25,26,27);1-4H3. The first kappa shape index (κ1) is 32.2. The zero-order chi connectivity index (χ0) is 27.8. The summed E-state index contributed by atoms with van der Waals surface area (Å²) >= 11 is 0. The van der Waals surface area contributed by atoms with Gasteiger partial charge >= 0.3 is 0 Å². The van der Waals surface area contributed by atoms with Crippen LogP contribution in [0.1, 0.15) is 103 Å². The second-order valence-corrected chi connectivity index (χ2v) is 12.2. The van der Waals surface area contributed by atoms with Gasteiger partial charge in [0.2, 0.25) is 7.28 Å². The predicted octanol–water partition coefficient (Wildman–Crippen LogP) is 7.19. The molecule has 199 valence electrons. The number of benzene rings is 1. The molecule has 1 radical (unpaired) electrons. The lowest BCUT2D eigenvalue weighted by Gasteiger charge is -2.17. The molecule has 1 aromatic carbocycles. The molecular formula is C28H43BF2N2O2P. The molecule has 4 nitrogen and oxygen atoms in total. The van der Waals surface area contributed by atoms with E-state index in [1.54, 1.807) is 29.5 Å². The van der Waals surface area contributed by atoms with Crippen molar-refractivity contribution in [2.24, 2.45) is 22.6 Å². The molecule has 0 heterocycles. The van der Waals surface area contributed by atoms with E-state index in [2.05, 4.69) is 25.4 Å². The van der Waals surface area contributed by atoms with Crippen molar-refractivity contribution >= 4 is 33.9 Å². The van der Waals surface area contributed by atoms with Crippen LogP contribution in [-0.4, -0.2) is 24.7 Å². The molecule has 2 N–H and O–H groups in total. The van der Waals surface area contributed by atoms with Crippen LogP contribution in [-0.2, 0) is 15.3 Å². The van der Waals surface area contributed by atoms with E-state index in [1.165, 1.54) is 12.1 Å². The first-order chi connectivity index (χ1) is 16.4. The fourth-order valence-electron chi connectivity index (χ4n) is 3.88. The number of amidine groups is 1. The minimum absolute atomic E-state index is 0.0475. The van der Waals surface area contributed by atoms with Gasteiger partial charge in [0.15, 0.2) is 0 Å². The fraction of sp³-hybridized carbons (Fsp3) is 0.607. The highest BCUT2D eigenvalue weighted by atomic mass is 31.0. The second kappa shape index (κ2) is 13.6. The molecule has 1 aliphatic carbocycles. The number of rotatable bonds is 10. The van der Waals surface area contributed by atoms with Crippen LogP contribution in [0.15, 0.2) is 35.3 Å². The van der Waals surface area contributed by atoms with E-state index in [0.29, 0.717) is 17.9 Å². The van der Waals surface area contributed by atoms with Gasteiger partial charge in [0.1, 0.15) is 5.84 Å². The van der Waals surface area contributed by atoms with E-state index in [4.69, 9.17) is 5.73 Å². The molecule has 0 spiro atoms. The molecule has 2 unspecified atom stereocenters. The number of aliphatic imine (C=N–C) groups is 1. The Morgan fingerprint density at radius 1 is 1.19 bits per heavy atom. The molecule has 2 rings (SSSR count). The summed E-state index contributed by atoms with van der Waals surface area (Å²) in [5.74, 6) is 0.297. The lowest BCUT2D eigenvalue weighted by atomic mass is 9.53. The van der Waals surface area contributed by atoms with E-state index < -0.39 is 5.66 Å². The Hall–Kier alpha value is -1.88. The van der Waals surface area contributed by atoms with Gasteiger partial charge in [-0.1, -0.05) is 73.3 Å². The summed E-state index contributed by atoms with van der Waals surface area (Å²) in [7, 11) is 3.28. The van der Waals surface area contributed by atoms with Crippen LogP contribution < -0.4 is 5.73 Å².